The maximum Gasteiger partial charge on any atom is 0.221 e. The largest absolute Gasteiger partial charge is 0.352 e. The number of pyridine rings is 1. The van der Waals surface area contributed by atoms with Crippen LogP contribution in [0, 0.1) is 0 Å². The number of carbonyl (C=O) groups excluding carboxylic acids is 1. The van der Waals surface area contributed by atoms with Crippen molar-refractivity contribution in [3.05, 3.63) is 30.1 Å². The zero-order valence-corrected chi connectivity index (χ0v) is 8.99. The third-order valence-electron chi connectivity index (χ3n) is 1.99. The zero-order chi connectivity index (χ0) is 10.9. The highest BCUT2D eigenvalue weighted by Crippen LogP contribution is 1.94. The Morgan fingerprint density at radius 1 is 1.53 bits per heavy atom. The zero-order valence-electron chi connectivity index (χ0n) is 8.99. The van der Waals surface area contributed by atoms with E-state index in [0.29, 0.717) is 13.0 Å². The highest BCUT2D eigenvalue weighted by atomic mass is 16.1. The van der Waals surface area contributed by atoms with Crippen molar-refractivity contribution in [2.75, 3.05) is 13.1 Å². The summed E-state index contributed by atoms with van der Waals surface area (Å²) in [5.41, 5.74) is 1.02. The molecule has 0 saturated carbocycles. The van der Waals surface area contributed by atoms with Gasteiger partial charge in [-0.15, -0.1) is 0 Å². The highest BCUT2D eigenvalue weighted by Gasteiger charge is 1.99. The SMILES string of the molecule is CCNCCC(=O)NCc1cccnc1. The lowest BCUT2D eigenvalue weighted by atomic mass is 10.3. The van der Waals surface area contributed by atoms with Crippen LogP contribution < -0.4 is 10.6 Å². The summed E-state index contributed by atoms with van der Waals surface area (Å²) in [7, 11) is 0. The molecule has 0 aliphatic heterocycles. The van der Waals surface area contributed by atoms with Crippen molar-refractivity contribution < 1.29 is 4.79 Å². The molecule has 1 heterocycles. The Labute approximate surface area is 90.1 Å². The van der Waals surface area contributed by atoms with Crippen molar-refractivity contribution in [1.29, 1.82) is 0 Å². The van der Waals surface area contributed by atoms with Crippen LogP contribution in [0.25, 0.3) is 0 Å². The number of hydrogen-bond donors (Lipinski definition) is 2. The summed E-state index contributed by atoms with van der Waals surface area (Å²) in [6, 6.07) is 3.80. The van der Waals surface area contributed by atoms with Gasteiger partial charge in [-0.2, -0.15) is 0 Å². The number of aromatic nitrogens is 1. The standard InChI is InChI=1S/C11H17N3O/c1-2-12-7-5-11(15)14-9-10-4-3-6-13-8-10/h3-4,6,8,12H,2,5,7,9H2,1H3,(H,14,15). The Bertz CT molecular complexity index is 287. The van der Waals surface area contributed by atoms with Gasteiger partial charge in [-0.25, -0.2) is 0 Å². The molecule has 0 aliphatic carbocycles. The van der Waals surface area contributed by atoms with Gasteiger partial charge in [0.1, 0.15) is 0 Å². The molecule has 4 nitrogen and oxygen atoms in total. The number of carbonyl (C=O) groups is 1. The van der Waals surface area contributed by atoms with Crippen molar-refractivity contribution in [2.45, 2.75) is 19.9 Å². The van der Waals surface area contributed by atoms with Gasteiger partial charge in [-0.3, -0.25) is 9.78 Å². The van der Waals surface area contributed by atoms with Gasteiger partial charge in [0.15, 0.2) is 0 Å². The van der Waals surface area contributed by atoms with E-state index in [4.69, 9.17) is 0 Å². The van der Waals surface area contributed by atoms with Gasteiger partial charge in [-0.05, 0) is 18.2 Å². The average Bonchev–Trinajstić information content (AvgIpc) is 2.28. The Hall–Kier alpha value is -1.42. The van der Waals surface area contributed by atoms with Crippen molar-refractivity contribution in [2.24, 2.45) is 0 Å². The lowest BCUT2D eigenvalue weighted by Gasteiger charge is -2.04. The highest BCUT2D eigenvalue weighted by molar-refractivity contribution is 5.76. The Morgan fingerprint density at radius 3 is 3.07 bits per heavy atom. The summed E-state index contributed by atoms with van der Waals surface area (Å²) in [5.74, 6) is 0.0693. The summed E-state index contributed by atoms with van der Waals surface area (Å²) >= 11 is 0. The molecule has 2 N–H and O–H groups in total. The second-order valence-electron chi connectivity index (χ2n) is 3.24. The van der Waals surface area contributed by atoms with E-state index in [1.807, 2.05) is 19.1 Å². The van der Waals surface area contributed by atoms with Crippen molar-refractivity contribution >= 4 is 5.91 Å². The second-order valence-corrected chi connectivity index (χ2v) is 3.24. The normalized spacial score (nSPS) is 9.93. The van der Waals surface area contributed by atoms with E-state index in [1.165, 1.54) is 0 Å². The molecule has 1 rings (SSSR count). The van der Waals surface area contributed by atoms with E-state index in [0.717, 1.165) is 18.7 Å². The first kappa shape index (κ1) is 11.7. The number of amides is 1. The molecule has 0 unspecified atom stereocenters. The molecule has 1 aromatic rings. The predicted octanol–water partition coefficient (Wildman–Crippen LogP) is 0.697. The summed E-state index contributed by atoms with van der Waals surface area (Å²) in [4.78, 5) is 15.3. The summed E-state index contributed by atoms with van der Waals surface area (Å²) in [5, 5.41) is 5.94. The topological polar surface area (TPSA) is 54.0 Å². The second kappa shape index (κ2) is 6.95. The maximum absolute atomic E-state index is 11.3. The molecule has 0 spiro atoms. The fourth-order valence-corrected chi connectivity index (χ4v) is 1.17. The number of nitrogens with zero attached hydrogens (tertiary/aromatic N) is 1. The minimum Gasteiger partial charge on any atom is -0.352 e. The maximum atomic E-state index is 11.3. The molecule has 15 heavy (non-hydrogen) atoms. The monoisotopic (exact) mass is 207 g/mol. The van der Waals surface area contributed by atoms with E-state index in [2.05, 4.69) is 15.6 Å². The molecule has 0 bridgehead atoms. The Kier molecular flexibility index (Phi) is 5.40. The van der Waals surface area contributed by atoms with Crippen LogP contribution in [0.15, 0.2) is 24.5 Å². The van der Waals surface area contributed by atoms with Crippen LogP contribution in [-0.2, 0) is 11.3 Å². The molecule has 0 aliphatic rings. The predicted molar refractivity (Wildman–Crippen MR) is 59.2 cm³/mol. The number of nitrogens with one attached hydrogen (secondary N) is 2. The molecule has 1 aromatic heterocycles. The van der Waals surface area contributed by atoms with Crippen LogP contribution in [0.1, 0.15) is 18.9 Å². The van der Waals surface area contributed by atoms with E-state index >= 15 is 0 Å². The van der Waals surface area contributed by atoms with Crippen molar-refractivity contribution in [1.82, 2.24) is 15.6 Å². The van der Waals surface area contributed by atoms with Crippen LogP contribution in [0.3, 0.4) is 0 Å². The van der Waals surface area contributed by atoms with Crippen LogP contribution in [0.2, 0.25) is 0 Å². The van der Waals surface area contributed by atoms with Gasteiger partial charge in [0, 0.05) is 31.9 Å². The molecule has 0 fully saturated rings. The third kappa shape index (κ3) is 5.12. The molecule has 4 heteroatoms. The van der Waals surface area contributed by atoms with Gasteiger partial charge in [-0.1, -0.05) is 13.0 Å². The van der Waals surface area contributed by atoms with E-state index in [1.54, 1.807) is 12.4 Å². The van der Waals surface area contributed by atoms with Crippen LogP contribution in [-0.4, -0.2) is 24.0 Å². The van der Waals surface area contributed by atoms with Gasteiger partial charge in [0.05, 0.1) is 0 Å². The van der Waals surface area contributed by atoms with E-state index in [9.17, 15) is 4.79 Å². The first-order valence-electron chi connectivity index (χ1n) is 5.19. The summed E-state index contributed by atoms with van der Waals surface area (Å²) < 4.78 is 0. The molecule has 82 valence electrons. The fraction of sp³-hybridized carbons (Fsp3) is 0.455. The number of rotatable bonds is 6. The Balaban J connectivity index is 2.17. The smallest absolute Gasteiger partial charge is 0.221 e. The van der Waals surface area contributed by atoms with Gasteiger partial charge in [0.25, 0.3) is 0 Å². The third-order valence-corrected chi connectivity index (χ3v) is 1.99. The Morgan fingerprint density at radius 2 is 2.40 bits per heavy atom. The molecular formula is C11H17N3O. The molecule has 0 saturated heterocycles. The van der Waals surface area contributed by atoms with E-state index < -0.39 is 0 Å². The van der Waals surface area contributed by atoms with Crippen LogP contribution in [0.4, 0.5) is 0 Å². The first-order valence-corrected chi connectivity index (χ1v) is 5.19. The summed E-state index contributed by atoms with van der Waals surface area (Å²) in [6.07, 6.45) is 4.00. The first-order chi connectivity index (χ1) is 7.33. The van der Waals surface area contributed by atoms with Crippen LogP contribution >= 0.6 is 0 Å². The lowest BCUT2D eigenvalue weighted by molar-refractivity contribution is -0.121. The van der Waals surface area contributed by atoms with Gasteiger partial charge >= 0.3 is 0 Å². The van der Waals surface area contributed by atoms with E-state index in [-0.39, 0.29) is 5.91 Å². The minimum absolute atomic E-state index is 0.0693. The van der Waals surface area contributed by atoms with Gasteiger partial charge < -0.3 is 10.6 Å². The lowest BCUT2D eigenvalue weighted by Crippen LogP contribution is -2.27. The number of hydrogen-bond acceptors (Lipinski definition) is 3. The molecule has 0 aromatic carbocycles. The summed E-state index contributed by atoms with van der Waals surface area (Å²) in [6.45, 7) is 4.21. The molecule has 1 amide bonds. The fourth-order valence-electron chi connectivity index (χ4n) is 1.17. The van der Waals surface area contributed by atoms with Crippen LogP contribution in [0.5, 0.6) is 0 Å². The molecule has 0 radical (unpaired) electrons. The van der Waals surface area contributed by atoms with Crippen molar-refractivity contribution in [3.8, 4) is 0 Å². The molecule has 0 atom stereocenters. The van der Waals surface area contributed by atoms with Crippen molar-refractivity contribution in [3.63, 3.8) is 0 Å². The van der Waals surface area contributed by atoms with Gasteiger partial charge in [0.2, 0.25) is 5.91 Å². The molecular weight excluding hydrogens is 190 g/mol. The average molecular weight is 207 g/mol. The quantitative estimate of drug-likeness (QED) is 0.675. The minimum atomic E-state index is 0.0693.